The Kier molecular flexibility index (Phi) is 3.88. The molecule has 0 aliphatic heterocycles. The second-order valence-electron chi connectivity index (χ2n) is 3.42. The molecule has 0 aliphatic carbocycles. The predicted molar refractivity (Wildman–Crippen MR) is 69.3 cm³/mol. The average Bonchev–Trinajstić information content (AvgIpc) is 2.35. The lowest BCUT2D eigenvalue weighted by atomic mass is 10.3. The third-order valence-electron chi connectivity index (χ3n) is 2.05. The summed E-state index contributed by atoms with van der Waals surface area (Å²) in [7, 11) is -4.05. The van der Waals surface area contributed by atoms with Crippen molar-refractivity contribution in [1.29, 1.82) is 0 Å². The topological polar surface area (TPSA) is 72.0 Å². The van der Waals surface area contributed by atoms with Crippen LogP contribution in [0.4, 0.5) is 10.2 Å². The molecule has 0 spiro atoms. The molecule has 100 valence electrons. The fourth-order valence-corrected chi connectivity index (χ4v) is 2.86. The van der Waals surface area contributed by atoms with Gasteiger partial charge < -0.3 is 0 Å². The van der Waals surface area contributed by atoms with Crippen molar-refractivity contribution in [2.75, 3.05) is 4.72 Å². The maximum absolute atomic E-state index is 13.1. The highest BCUT2D eigenvalue weighted by atomic mass is 35.5. The Morgan fingerprint density at radius 1 is 1.11 bits per heavy atom. The second-order valence-corrected chi connectivity index (χ2v) is 5.87. The summed E-state index contributed by atoms with van der Waals surface area (Å²) >= 11 is 11.3. The number of nitrogens with one attached hydrogen (secondary N) is 1. The van der Waals surface area contributed by atoms with Gasteiger partial charge >= 0.3 is 0 Å². The number of aromatic nitrogens is 2. The van der Waals surface area contributed by atoms with Gasteiger partial charge in [-0.3, -0.25) is 4.72 Å². The molecule has 1 N–H and O–H groups in total. The molecule has 2 aromatic rings. The molecule has 0 amide bonds. The molecule has 0 saturated carbocycles. The summed E-state index contributed by atoms with van der Waals surface area (Å²) in [5.74, 6) is -0.767. The van der Waals surface area contributed by atoms with Gasteiger partial charge in [0.1, 0.15) is 10.7 Å². The molecule has 1 heterocycles. The maximum atomic E-state index is 13.1. The van der Waals surface area contributed by atoms with Crippen LogP contribution in [0.1, 0.15) is 0 Å². The van der Waals surface area contributed by atoms with E-state index in [0.717, 1.165) is 18.2 Å². The minimum atomic E-state index is -4.05. The molecule has 0 radical (unpaired) electrons. The van der Waals surface area contributed by atoms with Gasteiger partial charge in [-0.1, -0.05) is 23.2 Å². The van der Waals surface area contributed by atoms with E-state index in [1.165, 1.54) is 12.1 Å². The molecule has 5 nitrogen and oxygen atoms in total. The molecular weight excluding hydrogens is 316 g/mol. The summed E-state index contributed by atoms with van der Waals surface area (Å²) < 4.78 is 39.2. The van der Waals surface area contributed by atoms with Gasteiger partial charge in [0, 0.05) is 0 Å². The Morgan fingerprint density at radius 3 is 2.47 bits per heavy atom. The molecule has 1 aromatic carbocycles. The fourth-order valence-electron chi connectivity index (χ4n) is 1.25. The quantitative estimate of drug-likeness (QED) is 0.943. The largest absolute Gasteiger partial charge is 0.264 e. The van der Waals surface area contributed by atoms with Crippen molar-refractivity contribution in [2.24, 2.45) is 0 Å². The van der Waals surface area contributed by atoms with E-state index in [9.17, 15) is 12.8 Å². The van der Waals surface area contributed by atoms with E-state index in [1.807, 2.05) is 0 Å². The number of rotatable bonds is 3. The molecule has 2 rings (SSSR count). The van der Waals surface area contributed by atoms with Crippen LogP contribution in [0.3, 0.4) is 0 Å². The Labute approximate surface area is 118 Å². The van der Waals surface area contributed by atoms with Gasteiger partial charge in [0.2, 0.25) is 0 Å². The molecule has 19 heavy (non-hydrogen) atoms. The molecule has 0 unspecified atom stereocenters. The summed E-state index contributed by atoms with van der Waals surface area (Å²) in [6.45, 7) is 0. The number of halogens is 3. The van der Waals surface area contributed by atoms with Crippen LogP contribution in [-0.2, 0) is 10.0 Å². The van der Waals surface area contributed by atoms with Crippen LogP contribution in [0.2, 0.25) is 10.2 Å². The zero-order valence-corrected chi connectivity index (χ0v) is 11.5. The van der Waals surface area contributed by atoms with Crippen LogP contribution in [0.5, 0.6) is 0 Å². The molecule has 0 atom stereocenters. The van der Waals surface area contributed by atoms with E-state index < -0.39 is 15.8 Å². The second kappa shape index (κ2) is 5.28. The first-order valence-corrected chi connectivity index (χ1v) is 7.09. The Balaban J connectivity index is 2.37. The van der Waals surface area contributed by atoms with E-state index >= 15 is 0 Å². The number of anilines is 1. The summed E-state index contributed by atoms with van der Waals surface area (Å²) in [5.41, 5.74) is 0. The van der Waals surface area contributed by atoms with Crippen LogP contribution in [-0.4, -0.2) is 18.6 Å². The summed E-state index contributed by atoms with van der Waals surface area (Å²) in [5, 5.41) is 7.03. The fraction of sp³-hybridized carbons (Fsp3) is 0. The van der Waals surface area contributed by atoms with Gasteiger partial charge in [-0.15, -0.1) is 10.2 Å². The number of hydrogen-bond donors (Lipinski definition) is 1. The first kappa shape index (κ1) is 14.0. The Hall–Kier alpha value is -1.44. The molecule has 0 saturated heterocycles. The highest BCUT2D eigenvalue weighted by Crippen LogP contribution is 2.24. The van der Waals surface area contributed by atoms with Gasteiger partial charge in [0.05, 0.1) is 5.02 Å². The van der Waals surface area contributed by atoms with Crippen LogP contribution in [0.15, 0.2) is 35.2 Å². The standard InChI is InChI=1S/C10H6Cl2FN3O2S/c11-7-2-1-6(13)5-8(7)19(17,18)16-10-4-3-9(12)14-15-10/h1-5H,(H,15,16). The number of nitrogens with zero attached hydrogens (tertiary/aromatic N) is 2. The third-order valence-corrected chi connectivity index (χ3v) is 4.09. The zero-order chi connectivity index (χ0) is 14.0. The van der Waals surface area contributed by atoms with Crippen molar-refractivity contribution in [1.82, 2.24) is 10.2 Å². The van der Waals surface area contributed by atoms with E-state index in [2.05, 4.69) is 14.9 Å². The van der Waals surface area contributed by atoms with Gasteiger partial charge in [0.15, 0.2) is 11.0 Å². The lowest BCUT2D eigenvalue weighted by molar-refractivity contribution is 0.595. The van der Waals surface area contributed by atoms with Crippen LogP contribution >= 0.6 is 23.2 Å². The van der Waals surface area contributed by atoms with Crippen molar-refractivity contribution in [3.63, 3.8) is 0 Å². The minimum Gasteiger partial charge on any atom is -0.262 e. The summed E-state index contributed by atoms with van der Waals surface area (Å²) in [6, 6.07) is 5.70. The van der Waals surface area contributed by atoms with Gasteiger partial charge in [-0.05, 0) is 30.3 Å². The Morgan fingerprint density at radius 2 is 1.84 bits per heavy atom. The van der Waals surface area contributed by atoms with Gasteiger partial charge in [-0.25, -0.2) is 12.8 Å². The molecule has 0 aliphatic rings. The highest BCUT2D eigenvalue weighted by Gasteiger charge is 2.19. The monoisotopic (exact) mass is 321 g/mol. The van der Waals surface area contributed by atoms with Crippen molar-refractivity contribution >= 4 is 39.0 Å². The number of sulfonamides is 1. The van der Waals surface area contributed by atoms with Crippen molar-refractivity contribution < 1.29 is 12.8 Å². The molecule has 1 aromatic heterocycles. The van der Waals surface area contributed by atoms with Crippen LogP contribution < -0.4 is 4.72 Å². The van der Waals surface area contributed by atoms with Gasteiger partial charge in [-0.2, -0.15) is 0 Å². The molecular formula is C10H6Cl2FN3O2S. The Bertz CT molecular complexity index is 707. The first-order chi connectivity index (χ1) is 8.88. The van der Waals surface area contributed by atoms with Crippen molar-refractivity contribution in [3.05, 3.63) is 46.3 Å². The average molecular weight is 322 g/mol. The van der Waals surface area contributed by atoms with Gasteiger partial charge in [0.25, 0.3) is 10.0 Å². The normalized spacial score (nSPS) is 11.3. The van der Waals surface area contributed by atoms with E-state index in [1.54, 1.807) is 0 Å². The third kappa shape index (κ3) is 3.31. The van der Waals surface area contributed by atoms with Crippen molar-refractivity contribution in [2.45, 2.75) is 4.90 Å². The number of benzene rings is 1. The summed E-state index contributed by atoms with van der Waals surface area (Å²) in [6.07, 6.45) is 0. The SMILES string of the molecule is O=S(=O)(Nc1ccc(Cl)nn1)c1cc(F)ccc1Cl. The van der Waals surface area contributed by atoms with Crippen LogP contribution in [0.25, 0.3) is 0 Å². The zero-order valence-electron chi connectivity index (χ0n) is 9.14. The maximum Gasteiger partial charge on any atom is 0.264 e. The number of hydrogen-bond acceptors (Lipinski definition) is 4. The van der Waals surface area contributed by atoms with E-state index in [4.69, 9.17) is 23.2 Å². The lowest BCUT2D eigenvalue weighted by Gasteiger charge is -2.08. The minimum absolute atomic E-state index is 0.0512. The first-order valence-electron chi connectivity index (χ1n) is 4.85. The lowest BCUT2D eigenvalue weighted by Crippen LogP contribution is -2.15. The predicted octanol–water partition coefficient (Wildman–Crippen LogP) is 2.72. The highest BCUT2D eigenvalue weighted by molar-refractivity contribution is 7.92. The molecule has 0 fully saturated rings. The van der Waals surface area contributed by atoms with Crippen molar-refractivity contribution in [3.8, 4) is 0 Å². The van der Waals surface area contributed by atoms with Crippen LogP contribution in [0, 0.1) is 5.82 Å². The van der Waals surface area contributed by atoms with E-state index in [0.29, 0.717) is 0 Å². The summed E-state index contributed by atoms with van der Waals surface area (Å²) in [4.78, 5) is -0.383. The smallest absolute Gasteiger partial charge is 0.262 e. The molecule has 9 heteroatoms. The van der Waals surface area contributed by atoms with E-state index in [-0.39, 0.29) is 20.9 Å². The molecule has 0 bridgehead atoms.